The molecule has 0 spiro atoms. The molecular formula is C14H16N2O2. The molecule has 0 saturated carbocycles. The minimum Gasteiger partial charge on any atom is -0.495 e. The monoisotopic (exact) mass is 244 g/mol. The van der Waals surface area contributed by atoms with Crippen molar-refractivity contribution in [2.45, 2.75) is 0 Å². The summed E-state index contributed by atoms with van der Waals surface area (Å²) in [6.07, 6.45) is 1.73. The second-order valence-corrected chi connectivity index (χ2v) is 3.75. The van der Waals surface area contributed by atoms with Crippen LogP contribution in [-0.2, 0) is 0 Å². The predicted molar refractivity (Wildman–Crippen MR) is 72.3 cm³/mol. The van der Waals surface area contributed by atoms with E-state index in [2.05, 4.69) is 10.3 Å². The van der Waals surface area contributed by atoms with Gasteiger partial charge in [-0.1, -0.05) is 6.07 Å². The predicted octanol–water partition coefficient (Wildman–Crippen LogP) is 2.81. The SMILES string of the molecule is CNc1ccc(-c2ccnc(OC)c2)cc1OC. The van der Waals surface area contributed by atoms with Crippen LogP contribution in [0.1, 0.15) is 0 Å². The highest BCUT2D eigenvalue weighted by molar-refractivity contribution is 5.71. The summed E-state index contributed by atoms with van der Waals surface area (Å²) in [5.74, 6) is 1.41. The molecule has 1 aromatic carbocycles. The van der Waals surface area contributed by atoms with Gasteiger partial charge in [-0.3, -0.25) is 0 Å². The number of aromatic nitrogens is 1. The molecule has 1 N–H and O–H groups in total. The lowest BCUT2D eigenvalue weighted by molar-refractivity contribution is 0.398. The molecule has 18 heavy (non-hydrogen) atoms. The molecule has 1 heterocycles. The Morgan fingerprint density at radius 3 is 2.44 bits per heavy atom. The van der Waals surface area contributed by atoms with E-state index in [0.29, 0.717) is 5.88 Å². The number of anilines is 1. The summed E-state index contributed by atoms with van der Waals surface area (Å²) < 4.78 is 10.5. The minimum absolute atomic E-state index is 0.601. The summed E-state index contributed by atoms with van der Waals surface area (Å²) in [6, 6.07) is 9.84. The topological polar surface area (TPSA) is 43.4 Å². The molecule has 0 aliphatic rings. The highest BCUT2D eigenvalue weighted by atomic mass is 16.5. The van der Waals surface area contributed by atoms with Crippen LogP contribution in [0.3, 0.4) is 0 Å². The highest BCUT2D eigenvalue weighted by Crippen LogP contribution is 2.31. The van der Waals surface area contributed by atoms with Gasteiger partial charge in [0.25, 0.3) is 0 Å². The van der Waals surface area contributed by atoms with Gasteiger partial charge in [0.15, 0.2) is 0 Å². The quantitative estimate of drug-likeness (QED) is 0.898. The summed E-state index contributed by atoms with van der Waals surface area (Å²) in [5.41, 5.74) is 3.07. The van der Waals surface area contributed by atoms with Gasteiger partial charge in [-0.15, -0.1) is 0 Å². The lowest BCUT2D eigenvalue weighted by Gasteiger charge is -2.10. The number of pyridine rings is 1. The lowest BCUT2D eigenvalue weighted by Crippen LogP contribution is -1.94. The number of hydrogen-bond donors (Lipinski definition) is 1. The van der Waals surface area contributed by atoms with Gasteiger partial charge in [0, 0.05) is 19.3 Å². The number of ether oxygens (including phenoxy) is 2. The zero-order valence-electron chi connectivity index (χ0n) is 10.7. The van der Waals surface area contributed by atoms with E-state index in [1.807, 2.05) is 37.4 Å². The van der Waals surface area contributed by atoms with Crippen LogP contribution in [0, 0.1) is 0 Å². The highest BCUT2D eigenvalue weighted by Gasteiger charge is 2.05. The number of nitrogens with zero attached hydrogens (tertiary/aromatic N) is 1. The molecule has 4 nitrogen and oxygen atoms in total. The van der Waals surface area contributed by atoms with Crippen molar-refractivity contribution in [3.8, 4) is 22.8 Å². The Kier molecular flexibility index (Phi) is 3.67. The number of hydrogen-bond acceptors (Lipinski definition) is 4. The molecule has 0 fully saturated rings. The maximum absolute atomic E-state index is 5.35. The van der Waals surface area contributed by atoms with Crippen LogP contribution in [0.5, 0.6) is 11.6 Å². The number of rotatable bonds is 4. The van der Waals surface area contributed by atoms with E-state index in [4.69, 9.17) is 9.47 Å². The molecule has 0 aliphatic heterocycles. The van der Waals surface area contributed by atoms with E-state index in [1.165, 1.54) is 0 Å². The number of benzene rings is 1. The molecule has 4 heteroatoms. The Hall–Kier alpha value is -2.23. The van der Waals surface area contributed by atoms with Gasteiger partial charge in [-0.2, -0.15) is 0 Å². The fraction of sp³-hybridized carbons (Fsp3) is 0.214. The first-order chi connectivity index (χ1) is 8.78. The Morgan fingerprint density at radius 1 is 1.00 bits per heavy atom. The maximum atomic E-state index is 5.35. The van der Waals surface area contributed by atoms with Gasteiger partial charge in [-0.05, 0) is 29.3 Å². The Morgan fingerprint density at radius 2 is 1.78 bits per heavy atom. The second kappa shape index (κ2) is 5.40. The van der Waals surface area contributed by atoms with Gasteiger partial charge < -0.3 is 14.8 Å². The van der Waals surface area contributed by atoms with Gasteiger partial charge >= 0.3 is 0 Å². The zero-order valence-corrected chi connectivity index (χ0v) is 10.7. The summed E-state index contributed by atoms with van der Waals surface area (Å²) in [5, 5.41) is 3.09. The van der Waals surface area contributed by atoms with Gasteiger partial charge in [0.1, 0.15) is 5.75 Å². The van der Waals surface area contributed by atoms with Crippen LogP contribution in [-0.4, -0.2) is 26.3 Å². The third-order valence-corrected chi connectivity index (χ3v) is 2.75. The van der Waals surface area contributed by atoms with Gasteiger partial charge in [0.2, 0.25) is 5.88 Å². The molecule has 0 saturated heterocycles. The first-order valence-electron chi connectivity index (χ1n) is 5.64. The molecular weight excluding hydrogens is 228 g/mol. The van der Waals surface area contributed by atoms with Crippen molar-refractivity contribution in [2.75, 3.05) is 26.6 Å². The van der Waals surface area contributed by atoms with Crippen molar-refractivity contribution in [1.82, 2.24) is 4.98 Å². The van der Waals surface area contributed by atoms with Crippen molar-refractivity contribution in [3.63, 3.8) is 0 Å². The van der Waals surface area contributed by atoms with Crippen molar-refractivity contribution >= 4 is 5.69 Å². The first-order valence-corrected chi connectivity index (χ1v) is 5.64. The zero-order chi connectivity index (χ0) is 13.0. The first kappa shape index (κ1) is 12.2. The summed E-state index contributed by atoms with van der Waals surface area (Å²) in [6.45, 7) is 0. The average Bonchev–Trinajstić information content (AvgIpc) is 2.46. The minimum atomic E-state index is 0.601. The Labute approximate surface area is 107 Å². The lowest BCUT2D eigenvalue weighted by atomic mass is 10.1. The van der Waals surface area contributed by atoms with E-state index < -0.39 is 0 Å². The maximum Gasteiger partial charge on any atom is 0.213 e. The summed E-state index contributed by atoms with van der Waals surface area (Å²) in [4.78, 5) is 4.09. The molecule has 1 aromatic heterocycles. The van der Waals surface area contributed by atoms with E-state index in [1.54, 1.807) is 20.4 Å². The molecule has 2 rings (SSSR count). The average molecular weight is 244 g/mol. The molecule has 0 aliphatic carbocycles. The van der Waals surface area contributed by atoms with Crippen molar-refractivity contribution < 1.29 is 9.47 Å². The van der Waals surface area contributed by atoms with Crippen molar-refractivity contribution in [1.29, 1.82) is 0 Å². The Bertz CT molecular complexity index is 541. The fourth-order valence-corrected chi connectivity index (χ4v) is 1.78. The standard InChI is InChI=1S/C14H16N2O2/c1-15-12-5-4-10(8-13(12)17-2)11-6-7-16-14(9-11)18-3/h4-9,15H,1-3H3. The van der Waals surface area contributed by atoms with Gasteiger partial charge in [0.05, 0.1) is 19.9 Å². The van der Waals surface area contributed by atoms with E-state index in [0.717, 1.165) is 22.6 Å². The van der Waals surface area contributed by atoms with E-state index in [-0.39, 0.29) is 0 Å². The fourth-order valence-electron chi connectivity index (χ4n) is 1.78. The molecule has 94 valence electrons. The van der Waals surface area contributed by atoms with Crippen LogP contribution >= 0.6 is 0 Å². The van der Waals surface area contributed by atoms with Gasteiger partial charge in [-0.25, -0.2) is 4.98 Å². The molecule has 0 radical (unpaired) electrons. The normalized spacial score (nSPS) is 9.94. The third kappa shape index (κ3) is 2.37. The van der Waals surface area contributed by atoms with Crippen LogP contribution in [0.2, 0.25) is 0 Å². The number of methoxy groups -OCH3 is 2. The van der Waals surface area contributed by atoms with Crippen LogP contribution in [0.4, 0.5) is 5.69 Å². The molecule has 0 amide bonds. The molecule has 0 unspecified atom stereocenters. The second-order valence-electron chi connectivity index (χ2n) is 3.75. The largest absolute Gasteiger partial charge is 0.495 e. The summed E-state index contributed by atoms with van der Waals surface area (Å²) >= 11 is 0. The van der Waals surface area contributed by atoms with Crippen LogP contribution < -0.4 is 14.8 Å². The van der Waals surface area contributed by atoms with E-state index in [9.17, 15) is 0 Å². The third-order valence-electron chi connectivity index (χ3n) is 2.75. The molecule has 2 aromatic rings. The van der Waals surface area contributed by atoms with Crippen molar-refractivity contribution in [2.24, 2.45) is 0 Å². The molecule has 0 atom stereocenters. The molecule has 0 bridgehead atoms. The number of nitrogens with one attached hydrogen (secondary N) is 1. The van der Waals surface area contributed by atoms with Crippen LogP contribution in [0.15, 0.2) is 36.5 Å². The smallest absolute Gasteiger partial charge is 0.213 e. The van der Waals surface area contributed by atoms with Crippen molar-refractivity contribution in [3.05, 3.63) is 36.5 Å². The summed E-state index contributed by atoms with van der Waals surface area (Å²) in [7, 11) is 5.14. The van der Waals surface area contributed by atoms with E-state index >= 15 is 0 Å². The van der Waals surface area contributed by atoms with Crippen LogP contribution in [0.25, 0.3) is 11.1 Å². The Balaban J connectivity index is 2.43.